The summed E-state index contributed by atoms with van der Waals surface area (Å²) in [6, 6.07) is 5.44. The van der Waals surface area contributed by atoms with Gasteiger partial charge >= 0.3 is 0 Å². The first-order valence-electron chi connectivity index (χ1n) is 6.15. The minimum absolute atomic E-state index is 0.0971. The van der Waals surface area contributed by atoms with Crippen LogP contribution in [0.2, 0.25) is 0 Å². The van der Waals surface area contributed by atoms with Gasteiger partial charge in [-0.05, 0) is 59.8 Å². The lowest BCUT2D eigenvalue weighted by Gasteiger charge is -2.23. The van der Waals surface area contributed by atoms with E-state index in [1.807, 2.05) is 6.07 Å². The van der Waals surface area contributed by atoms with Crippen molar-refractivity contribution < 1.29 is 9.94 Å². The minimum atomic E-state index is 0.0971. The SMILES string of the molecule is N/C(=N/O)c1ccc(OC2CCCCC2)c(Br)c1. The zero-order valence-electron chi connectivity index (χ0n) is 10.1. The second-order valence-electron chi connectivity index (χ2n) is 4.51. The van der Waals surface area contributed by atoms with Crippen LogP contribution >= 0.6 is 15.9 Å². The minimum Gasteiger partial charge on any atom is -0.489 e. The highest BCUT2D eigenvalue weighted by molar-refractivity contribution is 9.10. The van der Waals surface area contributed by atoms with E-state index in [0.29, 0.717) is 11.7 Å². The van der Waals surface area contributed by atoms with Crippen molar-refractivity contribution in [1.29, 1.82) is 0 Å². The van der Waals surface area contributed by atoms with Crippen molar-refractivity contribution in [3.05, 3.63) is 28.2 Å². The number of nitrogens with two attached hydrogens (primary N) is 1. The van der Waals surface area contributed by atoms with Crippen LogP contribution < -0.4 is 10.5 Å². The van der Waals surface area contributed by atoms with E-state index in [-0.39, 0.29) is 5.84 Å². The van der Waals surface area contributed by atoms with Crippen LogP contribution in [0.4, 0.5) is 0 Å². The Kier molecular flexibility index (Phi) is 4.47. The molecule has 1 aromatic carbocycles. The van der Waals surface area contributed by atoms with Gasteiger partial charge in [-0.1, -0.05) is 11.6 Å². The van der Waals surface area contributed by atoms with E-state index in [9.17, 15) is 0 Å². The topological polar surface area (TPSA) is 67.8 Å². The lowest BCUT2D eigenvalue weighted by Crippen LogP contribution is -2.20. The van der Waals surface area contributed by atoms with Crippen molar-refractivity contribution in [2.24, 2.45) is 10.9 Å². The van der Waals surface area contributed by atoms with Gasteiger partial charge in [-0.3, -0.25) is 0 Å². The maximum atomic E-state index is 8.63. The fourth-order valence-electron chi connectivity index (χ4n) is 2.18. The van der Waals surface area contributed by atoms with Gasteiger partial charge in [-0.25, -0.2) is 0 Å². The van der Waals surface area contributed by atoms with Gasteiger partial charge in [0.25, 0.3) is 0 Å². The van der Waals surface area contributed by atoms with Crippen molar-refractivity contribution >= 4 is 21.8 Å². The first-order chi connectivity index (χ1) is 8.70. The average molecular weight is 313 g/mol. The van der Waals surface area contributed by atoms with Crippen molar-refractivity contribution in [2.75, 3.05) is 0 Å². The lowest BCUT2D eigenvalue weighted by atomic mass is 9.98. The van der Waals surface area contributed by atoms with Gasteiger partial charge in [0.1, 0.15) is 5.75 Å². The molecule has 1 aromatic rings. The number of nitrogens with zero attached hydrogens (tertiary/aromatic N) is 1. The molecule has 1 aliphatic rings. The molecule has 2 rings (SSSR count). The van der Waals surface area contributed by atoms with E-state index in [0.717, 1.165) is 23.1 Å². The zero-order chi connectivity index (χ0) is 13.0. The number of amidine groups is 1. The second kappa shape index (κ2) is 6.09. The van der Waals surface area contributed by atoms with Crippen LogP contribution in [0.25, 0.3) is 0 Å². The molecule has 0 spiro atoms. The van der Waals surface area contributed by atoms with Gasteiger partial charge < -0.3 is 15.7 Å². The van der Waals surface area contributed by atoms with Crippen molar-refractivity contribution in [2.45, 2.75) is 38.2 Å². The summed E-state index contributed by atoms with van der Waals surface area (Å²) in [7, 11) is 0. The second-order valence-corrected chi connectivity index (χ2v) is 5.36. The Morgan fingerprint density at radius 3 is 2.67 bits per heavy atom. The van der Waals surface area contributed by atoms with E-state index in [4.69, 9.17) is 15.7 Å². The van der Waals surface area contributed by atoms with Gasteiger partial charge in [0, 0.05) is 5.56 Å². The van der Waals surface area contributed by atoms with Crippen molar-refractivity contribution in [1.82, 2.24) is 0 Å². The van der Waals surface area contributed by atoms with Crippen LogP contribution in [0.1, 0.15) is 37.7 Å². The summed E-state index contributed by atoms with van der Waals surface area (Å²) in [5.74, 6) is 0.913. The summed E-state index contributed by atoms with van der Waals surface area (Å²) >= 11 is 3.45. The molecule has 0 saturated heterocycles. The Hall–Kier alpha value is -1.23. The van der Waals surface area contributed by atoms with Gasteiger partial charge in [0.2, 0.25) is 0 Å². The average Bonchev–Trinajstić information content (AvgIpc) is 2.41. The highest BCUT2D eigenvalue weighted by atomic mass is 79.9. The number of rotatable bonds is 3. The number of hydrogen-bond acceptors (Lipinski definition) is 3. The molecule has 5 heteroatoms. The molecule has 1 fully saturated rings. The smallest absolute Gasteiger partial charge is 0.170 e. The first kappa shape index (κ1) is 13.2. The molecule has 0 bridgehead atoms. The molecule has 0 aliphatic heterocycles. The quantitative estimate of drug-likeness (QED) is 0.389. The monoisotopic (exact) mass is 312 g/mol. The molecule has 4 nitrogen and oxygen atoms in total. The van der Waals surface area contributed by atoms with Gasteiger partial charge in [0.15, 0.2) is 5.84 Å². The normalized spacial score (nSPS) is 17.7. The maximum Gasteiger partial charge on any atom is 0.170 e. The molecular formula is C13H17BrN2O2. The highest BCUT2D eigenvalue weighted by Crippen LogP contribution is 2.30. The Bertz CT molecular complexity index is 443. The standard InChI is InChI=1S/C13H17BrN2O2/c14-11-8-9(13(15)16-17)6-7-12(11)18-10-4-2-1-3-5-10/h6-8,10,17H,1-5H2,(H2,15,16). The Morgan fingerprint density at radius 2 is 2.06 bits per heavy atom. The Labute approximate surface area is 115 Å². The third-order valence-corrected chi connectivity index (χ3v) is 3.80. The van der Waals surface area contributed by atoms with Gasteiger partial charge in [0.05, 0.1) is 10.6 Å². The maximum absolute atomic E-state index is 8.63. The molecule has 18 heavy (non-hydrogen) atoms. The molecule has 0 heterocycles. The Morgan fingerprint density at radius 1 is 1.33 bits per heavy atom. The predicted molar refractivity (Wildman–Crippen MR) is 74.2 cm³/mol. The van der Waals surface area contributed by atoms with Crippen molar-refractivity contribution in [3.8, 4) is 5.75 Å². The molecule has 0 atom stereocenters. The number of hydrogen-bond donors (Lipinski definition) is 2. The Balaban J connectivity index is 2.09. The summed E-state index contributed by atoms with van der Waals surface area (Å²) < 4.78 is 6.80. The number of benzene rings is 1. The fourth-order valence-corrected chi connectivity index (χ4v) is 2.65. The summed E-state index contributed by atoms with van der Waals surface area (Å²) in [4.78, 5) is 0. The van der Waals surface area contributed by atoms with Crippen molar-refractivity contribution in [3.63, 3.8) is 0 Å². The molecule has 0 radical (unpaired) electrons. The summed E-state index contributed by atoms with van der Waals surface area (Å²) in [6.45, 7) is 0. The van der Waals surface area contributed by atoms with Gasteiger partial charge in [-0.15, -0.1) is 0 Å². The molecule has 0 unspecified atom stereocenters. The summed E-state index contributed by atoms with van der Waals surface area (Å²) in [5, 5.41) is 11.6. The van der Waals surface area contributed by atoms with Crippen LogP contribution in [0, 0.1) is 0 Å². The van der Waals surface area contributed by atoms with Crippen LogP contribution in [0.3, 0.4) is 0 Å². The molecule has 0 amide bonds. The zero-order valence-corrected chi connectivity index (χ0v) is 11.7. The van der Waals surface area contributed by atoms with E-state index < -0.39 is 0 Å². The number of halogens is 1. The molecule has 3 N–H and O–H groups in total. The van der Waals surface area contributed by atoms with Gasteiger partial charge in [-0.2, -0.15) is 0 Å². The number of oxime groups is 1. The third-order valence-electron chi connectivity index (χ3n) is 3.18. The van der Waals surface area contributed by atoms with Crippen LogP contribution in [-0.4, -0.2) is 17.1 Å². The predicted octanol–water partition coefficient (Wildman–Crippen LogP) is 3.26. The lowest BCUT2D eigenvalue weighted by molar-refractivity contribution is 0.154. The van der Waals surface area contributed by atoms with Crippen LogP contribution in [0.15, 0.2) is 27.8 Å². The van der Waals surface area contributed by atoms with E-state index >= 15 is 0 Å². The van der Waals surface area contributed by atoms with Crippen LogP contribution in [0.5, 0.6) is 5.75 Å². The molecule has 1 aliphatic carbocycles. The number of ether oxygens (including phenoxy) is 1. The third kappa shape index (κ3) is 3.16. The first-order valence-corrected chi connectivity index (χ1v) is 6.94. The van der Waals surface area contributed by atoms with Crippen LogP contribution in [-0.2, 0) is 0 Å². The molecular weight excluding hydrogens is 296 g/mol. The van der Waals surface area contributed by atoms with E-state index in [1.165, 1.54) is 19.3 Å². The van der Waals surface area contributed by atoms with E-state index in [1.54, 1.807) is 12.1 Å². The summed E-state index contributed by atoms with van der Waals surface area (Å²) in [5.41, 5.74) is 6.20. The fraction of sp³-hybridized carbons (Fsp3) is 0.462. The largest absolute Gasteiger partial charge is 0.489 e. The molecule has 98 valence electrons. The van der Waals surface area contributed by atoms with E-state index in [2.05, 4.69) is 21.1 Å². The molecule has 0 aromatic heterocycles. The molecule has 1 saturated carbocycles. The highest BCUT2D eigenvalue weighted by Gasteiger charge is 2.16. The summed E-state index contributed by atoms with van der Waals surface area (Å²) in [6.07, 6.45) is 6.34.